The van der Waals surface area contributed by atoms with E-state index in [1.54, 1.807) is 18.2 Å². The number of carbonyl (C=O) groups is 3. The van der Waals surface area contributed by atoms with Crippen LogP contribution in [0.1, 0.15) is 23.1 Å². The Hall–Kier alpha value is -3.68. The number of para-hydroxylation sites is 2. The van der Waals surface area contributed by atoms with E-state index in [2.05, 4.69) is 26.1 Å². The molecule has 4 N–H and O–H groups in total. The van der Waals surface area contributed by atoms with E-state index < -0.39 is 11.8 Å². The smallest absolute Gasteiger partial charge is 0.269 e. The molecule has 0 aliphatic rings. The van der Waals surface area contributed by atoms with Gasteiger partial charge in [0.15, 0.2) is 0 Å². The summed E-state index contributed by atoms with van der Waals surface area (Å²) in [5, 5.41) is 2.59. The van der Waals surface area contributed by atoms with Crippen molar-refractivity contribution in [2.45, 2.75) is 13.3 Å². The molecule has 0 spiro atoms. The van der Waals surface area contributed by atoms with E-state index in [1.165, 1.54) is 13.0 Å². The van der Waals surface area contributed by atoms with Crippen LogP contribution < -0.4 is 16.2 Å². The quantitative estimate of drug-likeness (QED) is 0.533. The third kappa shape index (κ3) is 4.23. The topological polar surface area (TPSA) is 116 Å². The minimum absolute atomic E-state index is 0.000885. The van der Waals surface area contributed by atoms with Crippen molar-refractivity contribution in [2.75, 3.05) is 5.32 Å². The first-order valence-electron chi connectivity index (χ1n) is 7.92. The highest BCUT2D eigenvalue weighted by Crippen LogP contribution is 2.11. The van der Waals surface area contributed by atoms with Gasteiger partial charge in [-0.05, 0) is 30.3 Å². The van der Waals surface area contributed by atoms with E-state index in [4.69, 9.17) is 0 Å². The SMILES string of the molecule is CC(=O)Nc1cccc(C(=O)NNC(=O)Cc2nc3ccccc3[nH]2)c1. The van der Waals surface area contributed by atoms with Crippen LogP contribution in [0, 0.1) is 0 Å². The number of nitrogens with zero attached hydrogens (tertiary/aromatic N) is 1. The Bertz CT molecular complexity index is 947. The van der Waals surface area contributed by atoms with Gasteiger partial charge in [-0.25, -0.2) is 4.98 Å². The largest absolute Gasteiger partial charge is 0.342 e. The second kappa shape index (κ2) is 7.47. The minimum atomic E-state index is -0.491. The zero-order valence-corrected chi connectivity index (χ0v) is 14.0. The van der Waals surface area contributed by atoms with Gasteiger partial charge in [-0.3, -0.25) is 25.2 Å². The van der Waals surface area contributed by atoms with Gasteiger partial charge in [-0.15, -0.1) is 0 Å². The molecule has 0 fully saturated rings. The molecule has 0 atom stereocenters. The second-order valence-electron chi connectivity index (χ2n) is 5.64. The van der Waals surface area contributed by atoms with Crippen molar-refractivity contribution in [1.82, 2.24) is 20.8 Å². The molecule has 132 valence electrons. The average Bonchev–Trinajstić information content (AvgIpc) is 3.01. The van der Waals surface area contributed by atoms with Gasteiger partial charge in [0.2, 0.25) is 11.8 Å². The monoisotopic (exact) mass is 351 g/mol. The number of nitrogens with one attached hydrogen (secondary N) is 4. The number of hydrazine groups is 1. The van der Waals surface area contributed by atoms with E-state index in [9.17, 15) is 14.4 Å². The molecule has 3 amide bonds. The number of anilines is 1. The zero-order chi connectivity index (χ0) is 18.5. The highest BCUT2D eigenvalue weighted by molar-refractivity contribution is 5.97. The highest BCUT2D eigenvalue weighted by Gasteiger charge is 2.11. The van der Waals surface area contributed by atoms with Crippen molar-refractivity contribution >= 4 is 34.4 Å². The number of hydrogen-bond donors (Lipinski definition) is 4. The molecule has 26 heavy (non-hydrogen) atoms. The van der Waals surface area contributed by atoms with E-state index in [0.717, 1.165) is 11.0 Å². The fourth-order valence-corrected chi connectivity index (χ4v) is 2.43. The van der Waals surface area contributed by atoms with Crippen LogP contribution in [0.4, 0.5) is 5.69 Å². The summed E-state index contributed by atoms with van der Waals surface area (Å²) >= 11 is 0. The number of hydrogen-bond acceptors (Lipinski definition) is 4. The number of imidazole rings is 1. The van der Waals surface area contributed by atoms with Gasteiger partial charge in [0.05, 0.1) is 17.5 Å². The molecule has 1 heterocycles. The normalized spacial score (nSPS) is 10.3. The molecule has 1 aromatic heterocycles. The number of carbonyl (C=O) groups excluding carboxylic acids is 3. The molecular formula is C18H17N5O3. The van der Waals surface area contributed by atoms with Crippen LogP contribution in [0.5, 0.6) is 0 Å². The van der Waals surface area contributed by atoms with Gasteiger partial charge >= 0.3 is 0 Å². The predicted octanol–water partition coefficient (Wildman–Crippen LogP) is 1.52. The van der Waals surface area contributed by atoms with Gasteiger partial charge in [0.1, 0.15) is 5.82 Å². The van der Waals surface area contributed by atoms with Gasteiger partial charge in [0, 0.05) is 18.2 Å². The first kappa shape index (κ1) is 17.2. The third-order valence-corrected chi connectivity index (χ3v) is 3.53. The average molecular weight is 351 g/mol. The number of amides is 3. The molecule has 3 rings (SSSR count). The fraction of sp³-hybridized carbons (Fsp3) is 0.111. The van der Waals surface area contributed by atoms with Crippen LogP contribution in [-0.4, -0.2) is 27.7 Å². The lowest BCUT2D eigenvalue weighted by Crippen LogP contribution is -2.42. The lowest BCUT2D eigenvalue weighted by molar-refractivity contribution is -0.121. The maximum atomic E-state index is 12.1. The first-order valence-corrected chi connectivity index (χ1v) is 7.92. The Balaban J connectivity index is 1.57. The Morgan fingerprint density at radius 3 is 2.62 bits per heavy atom. The predicted molar refractivity (Wildman–Crippen MR) is 96.2 cm³/mol. The van der Waals surface area contributed by atoms with Gasteiger partial charge in [-0.1, -0.05) is 18.2 Å². The Labute approximate surface area is 149 Å². The van der Waals surface area contributed by atoms with Crippen molar-refractivity contribution < 1.29 is 14.4 Å². The van der Waals surface area contributed by atoms with Gasteiger partial charge < -0.3 is 10.3 Å². The summed E-state index contributed by atoms with van der Waals surface area (Å²) in [4.78, 5) is 42.5. The van der Waals surface area contributed by atoms with Crippen molar-refractivity contribution in [3.8, 4) is 0 Å². The van der Waals surface area contributed by atoms with Crippen molar-refractivity contribution in [2.24, 2.45) is 0 Å². The molecular weight excluding hydrogens is 334 g/mol. The molecule has 0 aliphatic carbocycles. The number of benzene rings is 2. The van der Waals surface area contributed by atoms with Crippen LogP contribution >= 0.6 is 0 Å². The molecule has 0 aliphatic heterocycles. The van der Waals surface area contributed by atoms with Gasteiger partial charge in [0.25, 0.3) is 5.91 Å². The lowest BCUT2D eigenvalue weighted by atomic mass is 10.2. The first-order chi connectivity index (χ1) is 12.5. The Morgan fingerprint density at radius 1 is 1.04 bits per heavy atom. The Kier molecular flexibility index (Phi) is 4.93. The number of rotatable bonds is 4. The summed E-state index contributed by atoms with van der Waals surface area (Å²) in [5.74, 6) is -0.627. The van der Waals surface area contributed by atoms with E-state index in [1.807, 2.05) is 24.3 Å². The lowest BCUT2D eigenvalue weighted by Gasteiger charge is -2.08. The van der Waals surface area contributed by atoms with Crippen molar-refractivity contribution in [1.29, 1.82) is 0 Å². The summed E-state index contributed by atoms with van der Waals surface area (Å²) in [7, 11) is 0. The van der Waals surface area contributed by atoms with E-state index >= 15 is 0 Å². The molecule has 0 bridgehead atoms. The standard InChI is InChI=1S/C18H17N5O3/c1-11(24)19-13-6-4-5-12(9-13)18(26)23-22-17(25)10-16-20-14-7-2-3-8-15(14)21-16/h2-9H,10H2,1H3,(H,19,24)(H,20,21)(H,22,25)(H,23,26). The maximum Gasteiger partial charge on any atom is 0.269 e. The van der Waals surface area contributed by atoms with Crippen LogP contribution in [0.3, 0.4) is 0 Å². The third-order valence-electron chi connectivity index (χ3n) is 3.53. The Morgan fingerprint density at radius 2 is 1.85 bits per heavy atom. The zero-order valence-electron chi connectivity index (χ0n) is 14.0. The highest BCUT2D eigenvalue weighted by atomic mass is 16.2. The molecule has 2 aromatic carbocycles. The minimum Gasteiger partial charge on any atom is -0.342 e. The van der Waals surface area contributed by atoms with Gasteiger partial charge in [-0.2, -0.15) is 0 Å². The van der Waals surface area contributed by atoms with E-state index in [0.29, 0.717) is 17.1 Å². The van der Waals surface area contributed by atoms with Crippen LogP contribution in [0.2, 0.25) is 0 Å². The molecule has 0 unspecified atom stereocenters. The van der Waals surface area contributed by atoms with Crippen molar-refractivity contribution in [3.63, 3.8) is 0 Å². The molecule has 0 radical (unpaired) electrons. The molecule has 3 aromatic rings. The summed E-state index contributed by atoms with van der Waals surface area (Å²) in [6, 6.07) is 13.8. The summed E-state index contributed by atoms with van der Waals surface area (Å²) in [6.07, 6.45) is 0.000885. The summed E-state index contributed by atoms with van der Waals surface area (Å²) in [5.41, 5.74) is 7.11. The molecule has 8 heteroatoms. The number of fused-ring (bicyclic) bond motifs is 1. The van der Waals surface area contributed by atoms with Crippen LogP contribution in [0.25, 0.3) is 11.0 Å². The molecule has 8 nitrogen and oxygen atoms in total. The number of H-pyrrole nitrogens is 1. The summed E-state index contributed by atoms with van der Waals surface area (Å²) in [6.45, 7) is 1.38. The van der Waals surface area contributed by atoms with E-state index in [-0.39, 0.29) is 12.3 Å². The van der Waals surface area contributed by atoms with Crippen LogP contribution in [0.15, 0.2) is 48.5 Å². The maximum absolute atomic E-state index is 12.1. The fourth-order valence-electron chi connectivity index (χ4n) is 2.43. The number of aromatic nitrogens is 2. The molecule has 0 saturated heterocycles. The van der Waals surface area contributed by atoms with Crippen molar-refractivity contribution in [3.05, 3.63) is 59.9 Å². The number of aromatic amines is 1. The molecule has 0 saturated carbocycles. The summed E-state index contributed by atoms with van der Waals surface area (Å²) < 4.78 is 0. The van der Waals surface area contributed by atoms with Crippen LogP contribution in [-0.2, 0) is 16.0 Å². The second-order valence-corrected chi connectivity index (χ2v) is 5.64.